The molecule has 0 radical (unpaired) electrons. The van der Waals surface area contributed by atoms with Crippen molar-refractivity contribution < 1.29 is 14.3 Å². The van der Waals surface area contributed by atoms with Gasteiger partial charge in [0, 0.05) is 17.9 Å². The largest absolute Gasteiger partial charge is 0.497 e. The molecule has 1 unspecified atom stereocenters. The molecule has 3 heterocycles. The summed E-state index contributed by atoms with van der Waals surface area (Å²) in [5, 5.41) is 8.49. The van der Waals surface area contributed by atoms with Crippen LogP contribution in [-0.4, -0.2) is 34.4 Å². The number of methoxy groups -OCH3 is 1. The first kappa shape index (κ1) is 19.6. The Bertz CT molecular complexity index is 1290. The molecule has 0 spiro atoms. The van der Waals surface area contributed by atoms with Gasteiger partial charge in [-0.3, -0.25) is 4.79 Å². The quantitative estimate of drug-likeness (QED) is 0.494. The van der Waals surface area contributed by atoms with Crippen molar-refractivity contribution >= 4 is 33.3 Å². The van der Waals surface area contributed by atoms with Crippen molar-refractivity contribution in [3.05, 3.63) is 59.3 Å². The minimum Gasteiger partial charge on any atom is -0.497 e. The van der Waals surface area contributed by atoms with Gasteiger partial charge in [0.05, 0.1) is 29.6 Å². The van der Waals surface area contributed by atoms with Gasteiger partial charge >= 0.3 is 0 Å². The van der Waals surface area contributed by atoms with E-state index in [1.54, 1.807) is 11.8 Å². The predicted octanol–water partition coefficient (Wildman–Crippen LogP) is 4.67. The molecule has 1 amide bonds. The topological polar surface area (TPSA) is 78.3 Å². The van der Waals surface area contributed by atoms with Crippen molar-refractivity contribution in [3.63, 3.8) is 0 Å². The first-order chi connectivity index (χ1) is 15.1. The van der Waals surface area contributed by atoms with E-state index in [2.05, 4.69) is 5.32 Å². The molecule has 2 aromatic heterocycles. The molecule has 0 aliphatic carbocycles. The Morgan fingerprint density at radius 3 is 2.90 bits per heavy atom. The average molecular weight is 435 g/mol. The zero-order valence-electron chi connectivity index (χ0n) is 17.5. The van der Waals surface area contributed by atoms with Gasteiger partial charge in [-0.05, 0) is 49.7 Å². The zero-order valence-corrected chi connectivity index (χ0v) is 18.3. The van der Waals surface area contributed by atoms with Gasteiger partial charge < -0.3 is 14.8 Å². The van der Waals surface area contributed by atoms with Crippen LogP contribution in [0.3, 0.4) is 0 Å². The summed E-state index contributed by atoms with van der Waals surface area (Å²) < 4.78 is 13.8. The van der Waals surface area contributed by atoms with Gasteiger partial charge in [0.25, 0.3) is 0 Å². The van der Waals surface area contributed by atoms with Crippen LogP contribution in [0, 0.1) is 6.92 Å². The minimum atomic E-state index is -0.0912. The molecule has 158 valence electrons. The molecule has 7 nitrogen and oxygen atoms in total. The molecule has 4 aromatic rings. The summed E-state index contributed by atoms with van der Waals surface area (Å²) in [5.41, 5.74) is 3.79. The lowest BCUT2D eigenvalue weighted by molar-refractivity contribution is -0.116. The van der Waals surface area contributed by atoms with Gasteiger partial charge in [0.1, 0.15) is 17.3 Å². The Kier molecular flexibility index (Phi) is 4.86. The first-order valence-electron chi connectivity index (χ1n) is 10.1. The number of hydrogen-bond donors (Lipinski definition) is 1. The molecule has 0 fully saturated rings. The van der Waals surface area contributed by atoms with E-state index in [-0.39, 0.29) is 11.8 Å². The van der Waals surface area contributed by atoms with E-state index < -0.39 is 0 Å². The maximum atomic E-state index is 12.6. The number of amides is 1. The van der Waals surface area contributed by atoms with Crippen LogP contribution in [0.5, 0.6) is 11.5 Å². The van der Waals surface area contributed by atoms with E-state index >= 15 is 0 Å². The van der Waals surface area contributed by atoms with Crippen LogP contribution in [0.25, 0.3) is 15.3 Å². The molecule has 1 aliphatic heterocycles. The molecule has 8 heteroatoms. The van der Waals surface area contributed by atoms with Crippen LogP contribution in [0.2, 0.25) is 0 Å². The first-order valence-corrected chi connectivity index (χ1v) is 11.0. The van der Waals surface area contributed by atoms with E-state index in [1.807, 2.05) is 56.3 Å². The minimum absolute atomic E-state index is 0.0405. The molecule has 1 atom stereocenters. The highest BCUT2D eigenvalue weighted by Gasteiger charge is 2.33. The molecule has 2 aromatic carbocycles. The van der Waals surface area contributed by atoms with E-state index in [0.29, 0.717) is 24.0 Å². The van der Waals surface area contributed by atoms with Gasteiger partial charge in [-0.2, -0.15) is 9.78 Å². The van der Waals surface area contributed by atoms with E-state index in [0.717, 1.165) is 38.5 Å². The van der Waals surface area contributed by atoms with E-state index in [4.69, 9.17) is 19.6 Å². The summed E-state index contributed by atoms with van der Waals surface area (Å²) >= 11 is 1.52. The van der Waals surface area contributed by atoms with Crippen LogP contribution in [0.15, 0.2) is 42.5 Å². The van der Waals surface area contributed by atoms with Crippen molar-refractivity contribution in [1.82, 2.24) is 14.8 Å². The van der Waals surface area contributed by atoms with Crippen molar-refractivity contribution in [3.8, 4) is 16.6 Å². The highest BCUT2D eigenvalue weighted by molar-refractivity contribution is 7.20. The molecule has 5 rings (SSSR count). The Morgan fingerprint density at radius 1 is 1.23 bits per heavy atom. The highest BCUT2D eigenvalue weighted by atomic mass is 32.1. The second-order valence-corrected chi connectivity index (χ2v) is 8.41. The predicted molar refractivity (Wildman–Crippen MR) is 121 cm³/mol. The lowest BCUT2D eigenvalue weighted by Crippen LogP contribution is -2.24. The number of rotatable bonds is 5. The maximum Gasteiger partial charge on any atom is 0.226 e. The molecule has 1 N–H and O–H groups in total. The zero-order chi connectivity index (χ0) is 21.5. The third-order valence-corrected chi connectivity index (χ3v) is 6.43. The number of carbonyl (C=O) groups is 1. The normalized spacial score (nSPS) is 15.6. The number of hydrogen-bond acceptors (Lipinski definition) is 6. The fourth-order valence-corrected chi connectivity index (χ4v) is 5.02. The standard InChI is InChI=1S/C23H22N4O3S/c1-4-30-16-8-9-18-19(11-16)31-23(24-18)27-22-21(13(2)26-27)17(12-20(28)25-22)14-6-5-7-15(10-14)29-3/h5-11,17H,4,12H2,1-3H3,(H,25,28). The van der Waals surface area contributed by atoms with Gasteiger partial charge in [0.2, 0.25) is 11.0 Å². The fourth-order valence-electron chi connectivity index (χ4n) is 4.07. The van der Waals surface area contributed by atoms with Crippen LogP contribution in [0.4, 0.5) is 5.82 Å². The Balaban J connectivity index is 1.61. The molecule has 1 aliphatic rings. The number of nitrogens with one attached hydrogen (secondary N) is 1. The number of nitrogens with zero attached hydrogens (tertiary/aromatic N) is 3. The maximum absolute atomic E-state index is 12.6. The Hall–Kier alpha value is -3.39. The fraction of sp³-hybridized carbons (Fsp3) is 0.261. The summed E-state index contributed by atoms with van der Waals surface area (Å²) in [7, 11) is 1.64. The van der Waals surface area contributed by atoms with Gasteiger partial charge in [-0.15, -0.1) is 0 Å². The number of anilines is 1. The number of benzene rings is 2. The third kappa shape index (κ3) is 3.42. The molecule has 0 bridgehead atoms. The van der Waals surface area contributed by atoms with Crippen molar-refractivity contribution in [2.45, 2.75) is 26.2 Å². The molecular formula is C23H22N4O3S. The van der Waals surface area contributed by atoms with Crippen LogP contribution in [-0.2, 0) is 4.79 Å². The highest BCUT2D eigenvalue weighted by Crippen LogP contribution is 2.41. The SMILES string of the molecule is CCOc1ccc2nc(-n3nc(C)c4c3NC(=O)CC4c3cccc(OC)c3)sc2c1. The number of fused-ring (bicyclic) bond motifs is 2. The van der Waals surface area contributed by atoms with E-state index in [1.165, 1.54) is 11.3 Å². The summed E-state index contributed by atoms with van der Waals surface area (Å²) in [4.78, 5) is 17.4. The average Bonchev–Trinajstić information content (AvgIpc) is 3.34. The summed E-state index contributed by atoms with van der Waals surface area (Å²) in [6.07, 6.45) is 0.365. The van der Waals surface area contributed by atoms with Gasteiger partial charge in [-0.25, -0.2) is 4.98 Å². The number of aryl methyl sites for hydroxylation is 1. The van der Waals surface area contributed by atoms with Gasteiger partial charge in [-0.1, -0.05) is 23.5 Å². The number of aromatic nitrogens is 3. The number of ether oxygens (including phenoxy) is 2. The third-order valence-electron chi connectivity index (χ3n) is 5.44. The second-order valence-electron chi connectivity index (χ2n) is 7.40. The molecule has 0 saturated heterocycles. The summed E-state index contributed by atoms with van der Waals surface area (Å²) in [6, 6.07) is 13.7. The Morgan fingerprint density at radius 2 is 2.10 bits per heavy atom. The molecular weight excluding hydrogens is 412 g/mol. The van der Waals surface area contributed by atoms with E-state index in [9.17, 15) is 4.79 Å². The Labute approximate surface area is 183 Å². The van der Waals surface area contributed by atoms with Crippen LogP contribution < -0.4 is 14.8 Å². The second kappa shape index (κ2) is 7.70. The van der Waals surface area contributed by atoms with Crippen molar-refractivity contribution in [2.75, 3.05) is 19.0 Å². The molecule has 31 heavy (non-hydrogen) atoms. The van der Waals surface area contributed by atoms with Crippen molar-refractivity contribution in [2.24, 2.45) is 0 Å². The lowest BCUT2D eigenvalue weighted by Gasteiger charge is -2.24. The van der Waals surface area contributed by atoms with Crippen molar-refractivity contribution in [1.29, 1.82) is 0 Å². The van der Waals surface area contributed by atoms with Crippen LogP contribution >= 0.6 is 11.3 Å². The summed E-state index contributed by atoms with van der Waals surface area (Å²) in [5.74, 6) is 2.14. The van der Waals surface area contributed by atoms with Gasteiger partial charge in [0.15, 0.2) is 0 Å². The molecule has 0 saturated carbocycles. The number of carbonyl (C=O) groups excluding carboxylic acids is 1. The number of thiazole rings is 1. The van der Waals surface area contributed by atoms with Crippen LogP contribution in [0.1, 0.15) is 36.1 Å². The summed E-state index contributed by atoms with van der Waals surface area (Å²) in [6.45, 7) is 4.55. The smallest absolute Gasteiger partial charge is 0.226 e. The lowest BCUT2D eigenvalue weighted by atomic mass is 9.86. The monoisotopic (exact) mass is 434 g/mol.